The van der Waals surface area contributed by atoms with E-state index in [1.807, 2.05) is 0 Å². The summed E-state index contributed by atoms with van der Waals surface area (Å²) in [7, 11) is -3.71. The quantitative estimate of drug-likeness (QED) is 0.870. The topological polar surface area (TPSA) is 98.0 Å². The van der Waals surface area contributed by atoms with Crippen LogP contribution in [0.3, 0.4) is 0 Å². The number of benzene rings is 1. The molecule has 1 aromatic carbocycles. The minimum absolute atomic E-state index is 0.177. The molecule has 0 saturated carbocycles. The molecule has 0 aliphatic rings. The number of nitrogens with one attached hydrogen (secondary N) is 1. The second-order valence-electron chi connectivity index (χ2n) is 4.14. The minimum Gasteiger partial charge on any atom is -0.326 e. The summed E-state index contributed by atoms with van der Waals surface area (Å²) in [5.74, 6) is 0. The van der Waals surface area contributed by atoms with E-state index in [-0.39, 0.29) is 11.4 Å². The van der Waals surface area contributed by atoms with Gasteiger partial charge >= 0.3 is 0 Å². The Kier molecular flexibility index (Phi) is 4.36. The first-order valence-corrected chi connectivity index (χ1v) is 7.98. The van der Waals surface area contributed by atoms with Crippen LogP contribution in [-0.2, 0) is 16.6 Å². The molecule has 0 aliphatic carbocycles. The van der Waals surface area contributed by atoms with Crippen LogP contribution in [0.15, 0.2) is 40.2 Å². The number of hydrogen-bond acceptors (Lipinski definition) is 5. The van der Waals surface area contributed by atoms with Gasteiger partial charge in [-0.1, -0.05) is 15.9 Å². The summed E-state index contributed by atoms with van der Waals surface area (Å²) in [5.41, 5.74) is 7.23. The first-order chi connectivity index (χ1) is 9.44. The van der Waals surface area contributed by atoms with Crippen molar-refractivity contribution < 1.29 is 8.42 Å². The van der Waals surface area contributed by atoms with E-state index in [0.29, 0.717) is 15.7 Å². The van der Waals surface area contributed by atoms with Gasteiger partial charge in [0, 0.05) is 11.0 Å². The second kappa shape index (κ2) is 5.86. The molecule has 0 radical (unpaired) electrons. The number of rotatable bonds is 4. The van der Waals surface area contributed by atoms with Crippen LogP contribution in [0.1, 0.15) is 11.1 Å². The van der Waals surface area contributed by atoms with Crippen molar-refractivity contribution in [2.45, 2.75) is 18.4 Å². The van der Waals surface area contributed by atoms with E-state index >= 15 is 0 Å². The summed E-state index contributed by atoms with van der Waals surface area (Å²) in [6.45, 7) is 1.98. The summed E-state index contributed by atoms with van der Waals surface area (Å²) < 4.78 is 28.0. The number of hydrogen-bond donors (Lipinski definition) is 2. The maximum Gasteiger partial charge on any atom is 0.262 e. The van der Waals surface area contributed by atoms with E-state index < -0.39 is 10.0 Å². The van der Waals surface area contributed by atoms with Crippen molar-refractivity contribution in [3.05, 3.63) is 46.5 Å². The van der Waals surface area contributed by atoms with E-state index in [0.717, 1.165) is 5.56 Å². The zero-order valence-corrected chi connectivity index (χ0v) is 13.1. The summed E-state index contributed by atoms with van der Waals surface area (Å²) in [6.07, 6.45) is 4.11. The lowest BCUT2D eigenvalue weighted by Crippen LogP contribution is -2.15. The van der Waals surface area contributed by atoms with Gasteiger partial charge in [-0.3, -0.25) is 4.72 Å². The van der Waals surface area contributed by atoms with Gasteiger partial charge in [-0.25, -0.2) is 18.4 Å². The maximum atomic E-state index is 12.4. The van der Waals surface area contributed by atoms with Gasteiger partial charge < -0.3 is 5.73 Å². The Labute approximate surface area is 125 Å². The van der Waals surface area contributed by atoms with Gasteiger partial charge in [0.05, 0.1) is 23.0 Å². The van der Waals surface area contributed by atoms with E-state index in [2.05, 4.69) is 30.6 Å². The van der Waals surface area contributed by atoms with Gasteiger partial charge in [-0.2, -0.15) is 0 Å². The zero-order chi connectivity index (χ0) is 14.8. The largest absolute Gasteiger partial charge is 0.326 e. The smallest absolute Gasteiger partial charge is 0.262 e. The molecule has 0 amide bonds. The fourth-order valence-corrected chi connectivity index (χ4v) is 3.65. The Morgan fingerprint density at radius 1 is 1.30 bits per heavy atom. The highest BCUT2D eigenvalue weighted by atomic mass is 79.9. The number of nitrogens with two attached hydrogens (primary N) is 1. The van der Waals surface area contributed by atoms with Crippen molar-refractivity contribution in [3.8, 4) is 0 Å². The van der Waals surface area contributed by atoms with Gasteiger partial charge in [0.15, 0.2) is 0 Å². The fourth-order valence-electron chi connectivity index (χ4n) is 1.67. The summed E-state index contributed by atoms with van der Waals surface area (Å²) in [5, 5.41) is 0. The zero-order valence-electron chi connectivity index (χ0n) is 10.7. The number of aromatic nitrogens is 2. The van der Waals surface area contributed by atoms with Gasteiger partial charge in [-0.05, 0) is 30.2 Å². The van der Waals surface area contributed by atoms with Crippen LogP contribution in [0.5, 0.6) is 0 Å². The Balaban J connectivity index is 2.47. The molecule has 0 fully saturated rings. The van der Waals surface area contributed by atoms with Crippen molar-refractivity contribution in [1.82, 2.24) is 9.97 Å². The maximum absolute atomic E-state index is 12.4. The molecular weight excluding hydrogens is 344 g/mol. The predicted octanol–water partition coefficient (Wildman–Crippen LogP) is 1.81. The molecular formula is C12H13BrN4O2S. The lowest BCUT2D eigenvalue weighted by Gasteiger charge is -2.12. The van der Waals surface area contributed by atoms with Crippen molar-refractivity contribution in [2.24, 2.45) is 5.73 Å². The molecule has 2 aromatic rings. The van der Waals surface area contributed by atoms with E-state index in [4.69, 9.17) is 5.73 Å². The van der Waals surface area contributed by atoms with Crippen LogP contribution < -0.4 is 10.5 Å². The van der Waals surface area contributed by atoms with Crippen molar-refractivity contribution in [1.29, 1.82) is 0 Å². The van der Waals surface area contributed by atoms with Crippen LogP contribution in [0.4, 0.5) is 5.69 Å². The Morgan fingerprint density at radius 2 is 1.95 bits per heavy atom. The van der Waals surface area contributed by atoms with Gasteiger partial charge in [0.25, 0.3) is 10.0 Å². The van der Waals surface area contributed by atoms with E-state index in [9.17, 15) is 8.42 Å². The van der Waals surface area contributed by atoms with E-state index in [1.165, 1.54) is 18.7 Å². The fraction of sp³-hybridized carbons (Fsp3) is 0.167. The van der Waals surface area contributed by atoms with Gasteiger partial charge in [0.1, 0.15) is 6.33 Å². The lowest BCUT2D eigenvalue weighted by atomic mass is 10.1. The molecule has 1 aromatic heterocycles. The lowest BCUT2D eigenvalue weighted by molar-refractivity contribution is 0.600. The highest BCUT2D eigenvalue weighted by molar-refractivity contribution is 9.10. The van der Waals surface area contributed by atoms with E-state index in [1.54, 1.807) is 19.1 Å². The van der Waals surface area contributed by atoms with Gasteiger partial charge in [0.2, 0.25) is 0 Å². The second-order valence-corrected chi connectivity index (χ2v) is 6.64. The molecule has 0 saturated heterocycles. The van der Waals surface area contributed by atoms with Crippen LogP contribution in [0.25, 0.3) is 0 Å². The summed E-state index contributed by atoms with van der Waals surface area (Å²) in [4.78, 5) is 7.71. The minimum atomic E-state index is -3.71. The molecule has 2 rings (SSSR count). The summed E-state index contributed by atoms with van der Waals surface area (Å²) in [6, 6.07) is 3.37. The number of nitrogens with zero attached hydrogens (tertiary/aromatic N) is 2. The predicted molar refractivity (Wildman–Crippen MR) is 79.6 cm³/mol. The molecule has 6 nitrogen and oxygen atoms in total. The molecule has 0 aliphatic heterocycles. The number of anilines is 1. The summed E-state index contributed by atoms with van der Waals surface area (Å²) >= 11 is 3.34. The number of halogens is 1. The highest BCUT2D eigenvalue weighted by Crippen LogP contribution is 2.27. The third-order valence-corrected chi connectivity index (χ3v) is 5.03. The average molecular weight is 357 g/mol. The highest BCUT2D eigenvalue weighted by Gasteiger charge is 2.19. The van der Waals surface area contributed by atoms with Crippen LogP contribution in [0, 0.1) is 6.92 Å². The standard InChI is InChI=1S/C12H13BrN4O2S/c1-8-11(13)2-9(4-14)3-12(8)20(18,19)17-10-5-15-7-16-6-10/h2-3,5-7,17H,4,14H2,1H3. The Hall–Kier alpha value is -1.51. The normalized spacial score (nSPS) is 11.3. The molecule has 106 valence electrons. The van der Waals surface area contributed by atoms with Gasteiger partial charge in [-0.15, -0.1) is 0 Å². The first-order valence-electron chi connectivity index (χ1n) is 5.71. The molecule has 0 unspecified atom stereocenters. The SMILES string of the molecule is Cc1c(Br)cc(CN)cc1S(=O)(=O)Nc1cncnc1. The Morgan fingerprint density at radius 3 is 2.55 bits per heavy atom. The average Bonchev–Trinajstić information content (AvgIpc) is 2.42. The third kappa shape index (κ3) is 3.14. The molecule has 3 N–H and O–H groups in total. The van der Waals surface area contributed by atoms with Crippen LogP contribution in [-0.4, -0.2) is 18.4 Å². The molecule has 8 heteroatoms. The Bertz CT molecular complexity index is 720. The number of sulfonamides is 1. The molecule has 0 atom stereocenters. The van der Waals surface area contributed by atoms with Crippen LogP contribution in [0.2, 0.25) is 0 Å². The third-order valence-electron chi connectivity index (χ3n) is 2.69. The molecule has 20 heavy (non-hydrogen) atoms. The van der Waals surface area contributed by atoms with Crippen molar-refractivity contribution >= 4 is 31.6 Å². The molecule has 1 heterocycles. The molecule has 0 bridgehead atoms. The first kappa shape index (κ1) is 14.9. The monoisotopic (exact) mass is 356 g/mol. The van der Waals surface area contributed by atoms with Crippen LogP contribution >= 0.6 is 15.9 Å². The van der Waals surface area contributed by atoms with Crippen molar-refractivity contribution in [3.63, 3.8) is 0 Å². The molecule has 0 spiro atoms. The van der Waals surface area contributed by atoms with Crippen molar-refractivity contribution in [2.75, 3.05) is 4.72 Å².